The molecule has 0 aromatic carbocycles. The highest BCUT2D eigenvalue weighted by Gasteiger charge is 2.27. The Morgan fingerprint density at radius 1 is 1.27 bits per heavy atom. The first-order chi connectivity index (χ1) is 10.5. The van der Waals surface area contributed by atoms with Gasteiger partial charge in [0.05, 0.1) is 32.1 Å². The molecule has 0 amide bonds. The fourth-order valence-corrected chi connectivity index (χ4v) is 3.08. The smallest absolute Gasteiger partial charge is 0.0644 e. The first kappa shape index (κ1) is 17.4. The minimum Gasteiger partial charge on any atom is -0.394 e. The van der Waals surface area contributed by atoms with Gasteiger partial charge in [0.25, 0.3) is 0 Å². The molecule has 6 nitrogen and oxygen atoms in total. The molecule has 1 aromatic heterocycles. The topological polar surface area (TPSA) is 62.5 Å². The standard InChI is InChI=1S/C16H30N4O2/c1-13-15(14(2)20(18-13)5-8-21)11-17-12-16(3,4)19-6-9-22-10-7-19/h17,21H,5-12H2,1-4H3. The van der Waals surface area contributed by atoms with Crippen molar-refractivity contribution in [2.24, 2.45) is 0 Å². The van der Waals surface area contributed by atoms with Gasteiger partial charge in [-0.3, -0.25) is 9.58 Å². The summed E-state index contributed by atoms with van der Waals surface area (Å²) in [7, 11) is 0. The van der Waals surface area contributed by atoms with Gasteiger partial charge in [-0.25, -0.2) is 0 Å². The third-order valence-corrected chi connectivity index (χ3v) is 4.57. The minimum atomic E-state index is 0.118. The molecule has 0 saturated carbocycles. The second-order valence-electron chi connectivity index (χ2n) is 6.61. The fraction of sp³-hybridized carbons (Fsp3) is 0.812. The van der Waals surface area contributed by atoms with Crippen molar-refractivity contribution >= 4 is 0 Å². The predicted octanol–water partition coefficient (Wildman–Crippen LogP) is 0.693. The van der Waals surface area contributed by atoms with Crippen LogP contribution in [-0.4, -0.2) is 64.8 Å². The Morgan fingerprint density at radius 3 is 2.59 bits per heavy atom. The molecular formula is C16H30N4O2. The van der Waals surface area contributed by atoms with Gasteiger partial charge in [-0.15, -0.1) is 0 Å². The quantitative estimate of drug-likeness (QED) is 0.776. The molecule has 0 radical (unpaired) electrons. The average Bonchev–Trinajstić information content (AvgIpc) is 2.76. The van der Waals surface area contributed by atoms with Gasteiger partial charge >= 0.3 is 0 Å². The maximum Gasteiger partial charge on any atom is 0.0644 e. The SMILES string of the molecule is Cc1nn(CCO)c(C)c1CNCC(C)(C)N1CCOCC1. The van der Waals surface area contributed by atoms with Crippen LogP contribution in [0.2, 0.25) is 0 Å². The molecule has 6 heteroatoms. The predicted molar refractivity (Wildman–Crippen MR) is 87.0 cm³/mol. The highest BCUT2D eigenvalue weighted by atomic mass is 16.5. The van der Waals surface area contributed by atoms with Gasteiger partial charge in [0, 0.05) is 43.0 Å². The normalized spacial score (nSPS) is 17.1. The lowest BCUT2D eigenvalue weighted by atomic mass is 10.0. The first-order valence-electron chi connectivity index (χ1n) is 8.13. The van der Waals surface area contributed by atoms with E-state index in [0.717, 1.165) is 50.8 Å². The number of aromatic nitrogens is 2. The van der Waals surface area contributed by atoms with Crippen molar-refractivity contribution in [3.63, 3.8) is 0 Å². The average molecular weight is 310 g/mol. The summed E-state index contributed by atoms with van der Waals surface area (Å²) < 4.78 is 7.32. The summed E-state index contributed by atoms with van der Waals surface area (Å²) in [5.74, 6) is 0. The molecule has 1 fully saturated rings. The maximum absolute atomic E-state index is 9.08. The van der Waals surface area contributed by atoms with Crippen LogP contribution in [0.15, 0.2) is 0 Å². The molecule has 1 aromatic rings. The Bertz CT molecular complexity index is 479. The van der Waals surface area contributed by atoms with E-state index >= 15 is 0 Å². The van der Waals surface area contributed by atoms with Crippen molar-refractivity contribution in [3.8, 4) is 0 Å². The van der Waals surface area contributed by atoms with Crippen LogP contribution >= 0.6 is 0 Å². The number of ether oxygens (including phenoxy) is 1. The molecule has 2 rings (SSSR count). The van der Waals surface area contributed by atoms with E-state index in [9.17, 15) is 0 Å². The van der Waals surface area contributed by atoms with E-state index in [2.05, 4.69) is 36.1 Å². The molecule has 2 N–H and O–H groups in total. The molecule has 1 aliphatic rings. The number of hydrogen-bond donors (Lipinski definition) is 2. The van der Waals surface area contributed by atoms with Gasteiger partial charge in [0.2, 0.25) is 0 Å². The van der Waals surface area contributed by atoms with Gasteiger partial charge < -0.3 is 15.2 Å². The second-order valence-corrected chi connectivity index (χ2v) is 6.61. The molecule has 0 bridgehead atoms. The zero-order chi connectivity index (χ0) is 16.2. The summed E-state index contributed by atoms with van der Waals surface area (Å²) in [6, 6.07) is 0. The van der Waals surface area contributed by atoms with Crippen LogP contribution in [-0.2, 0) is 17.8 Å². The molecule has 22 heavy (non-hydrogen) atoms. The number of nitrogens with one attached hydrogen (secondary N) is 1. The summed E-state index contributed by atoms with van der Waals surface area (Å²) in [6.07, 6.45) is 0. The van der Waals surface area contributed by atoms with Crippen LogP contribution in [0, 0.1) is 13.8 Å². The third-order valence-electron chi connectivity index (χ3n) is 4.57. The third kappa shape index (κ3) is 4.07. The lowest BCUT2D eigenvalue weighted by Crippen LogP contribution is -2.54. The van der Waals surface area contributed by atoms with Crippen LogP contribution in [0.3, 0.4) is 0 Å². The Kier molecular flexibility index (Phi) is 5.97. The number of nitrogens with zero attached hydrogens (tertiary/aromatic N) is 3. The number of aliphatic hydroxyl groups excluding tert-OH is 1. The summed E-state index contributed by atoms with van der Waals surface area (Å²) in [5.41, 5.74) is 3.55. The van der Waals surface area contributed by atoms with E-state index in [4.69, 9.17) is 9.84 Å². The van der Waals surface area contributed by atoms with Gasteiger partial charge in [0.15, 0.2) is 0 Å². The van der Waals surface area contributed by atoms with Crippen LogP contribution in [0.1, 0.15) is 30.8 Å². The molecule has 0 unspecified atom stereocenters. The van der Waals surface area contributed by atoms with Crippen molar-refractivity contribution in [1.82, 2.24) is 20.0 Å². The fourth-order valence-electron chi connectivity index (χ4n) is 3.08. The molecular weight excluding hydrogens is 280 g/mol. The summed E-state index contributed by atoms with van der Waals surface area (Å²) in [4.78, 5) is 2.48. The van der Waals surface area contributed by atoms with Crippen LogP contribution in [0.25, 0.3) is 0 Å². The lowest BCUT2D eigenvalue weighted by molar-refractivity contribution is -0.00967. The van der Waals surface area contributed by atoms with Gasteiger partial charge in [0.1, 0.15) is 0 Å². The molecule has 126 valence electrons. The minimum absolute atomic E-state index is 0.118. The molecule has 2 heterocycles. The van der Waals surface area contributed by atoms with E-state index in [-0.39, 0.29) is 12.1 Å². The Balaban J connectivity index is 1.90. The number of rotatable bonds is 7. The van der Waals surface area contributed by atoms with Crippen molar-refractivity contribution in [2.45, 2.75) is 46.3 Å². The Morgan fingerprint density at radius 2 is 1.95 bits per heavy atom. The number of morpholine rings is 1. The Hall–Kier alpha value is -0.950. The molecule has 1 saturated heterocycles. The van der Waals surface area contributed by atoms with Gasteiger partial charge in [-0.1, -0.05) is 0 Å². The number of hydrogen-bond acceptors (Lipinski definition) is 5. The largest absolute Gasteiger partial charge is 0.394 e. The van der Waals surface area contributed by atoms with E-state index in [0.29, 0.717) is 6.54 Å². The lowest BCUT2D eigenvalue weighted by Gasteiger charge is -2.41. The van der Waals surface area contributed by atoms with E-state index in [1.54, 1.807) is 0 Å². The Labute approximate surface area is 133 Å². The zero-order valence-corrected chi connectivity index (χ0v) is 14.4. The van der Waals surface area contributed by atoms with E-state index in [1.807, 2.05) is 11.6 Å². The monoisotopic (exact) mass is 310 g/mol. The first-order valence-corrected chi connectivity index (χ1v) is 8.13. The summed E-state index contributed by atoms with van der Waals surface area (Å²) in [5, 5.41) is 17.2. The van der Waals surface area contributed by atoms with Crippen LogP contribution in [0.4, 0.5) is 0 Å². The zero-order valence-electron chi connectivity index (χ0n) is 14.4. The van der Waals surface area contributed by atoms with Crippen LogP contribution in [0.5, 0.6) is 0 Å². The van der Waals surface area contributed by atoms with Gasteiger partial charge in [-0.05, 0) is 27.7 Å². The van der Waals surface area contributed by atoms with Gasteiger partial charge in [-0.2, -0.15) is 5.10 Å². The second kappa shape index (κ2) is 7.55. The molecule has 0 atom stereocenters. The van der Waals surface area contributed by atoms with E-state index < -0.39 is 0 Å². The van der Waals surface area contributed by atoms with Crippen LogP contribution < -0.4 is 5.32 Å². The summed E-state index contributed by atoms with van der Waals surface area (Å²) >= 11 is 0. The highest BCUT2D eigenvalue weighted by Crippen LogP contribution is 2.17. The van der Waals surface area contributed by atoms with E-state index in [1.165, 1.54) is 5.56 Å². The van der Waals surface area contributed by atoms with Crippen molar-refractivity contribution in [1.29, 1.82) is 0 Å². The molecule has 0 aliphatic carbocycles. The highest BCUT2D eigenvalue weighted by molar-refractivity contribution is 5.24. The van der Waals surface area contributed by atoms with Crippen molar-refractivity contribution < 1.29 is 9.84 Å². The number of aryl methyl sites for hydroxylation is 1. The van der Waals surface area contributed by atoms with Crippen molar-refractivity contribution in [2.75, 3.05) is 39.5 Å². The summed E-state index contributed by atoms with van der Waals surface area (Å²) in [6.45, 7) is 14.7. The number of aliphatic hydroxyl groups is 1. The molecule has 0 spiro atoms. The molecule has 1 aliphatic heterocycles. The maximum atomic E-state index is 9.08. The van der Waals surface area contributed by atoms with Crippen molar-refractivity contribution in [3.05, 3.63) is 17.0 Å².